The van der Waals surface area contributed by atoms with Gasteiger partial charge in [0.25, 0.3) is 0 Å². The summed E-state index contributed by atoms with van der Waals surface area (Å²) in [6.45, 7) is 1.86. The molecule has 1 aromatic heterocycles. The summed E-state index contributed by atoms with van der Waals surface area (Å²) in [6.07, 6.45) is 2.68. The van der Waals surface area contributed by atoms with E-state index < -0.39 is 0 Å². The topological polar surface area (TPSA) is 45.8 Å². The normalized spacial score (nSPS) is 9.56. The van der Waals surface area contributed by atoms with Crippen LogP contribution in [0.15, 0.2) is 4.79 Å². The van der Waals surface area contributed by atoms with E-state index in [1.54, 1.807) is 0 Å². The van der Waals surface area contributed by atoms with E-state index in [2.05, 4.69) is 16.2 Å². The first-order valence-corrected chi connectivity index (χ1v) is 3.65. The van der Waals surface area contributed by atoms with E-state index >= 15 is 0 Å². The van der Waals surface area contributed by atoms with Crippen LogP contribution in [-0.2, 0) is 0 Å². The predicted octanol–water partition coefficient (Wildman–Crippen LogP) is -1.86. The van der Waals surface area contributed by atoms with Gasteiger partial charge in [-0.05, 0) is 0 Å². The van der Waals surface area contributed by atoms with E-state index in [4.69, 9.17) is 0 Å². The zero-order valence-corrected chi connectivity index (χ0v) is 7.36. The van der Waals surface area contributed by atoms with Crippen LogP contribution in [0.4, 0.5) is 0 Å². The number of hydrogen-bond donors (Lipinski definition) is 1. The molecule has 0 amide bonds. The summed E-state index contributed by atoms with van der Waals surface area (Å²) in [6, 6.07) is 0. The minimum absolute atomic E-state index is 0.319. The zero-order chi connectivity index (χ0) is 6.85. The van der Waals surface area contributed by atoms with Gasteiger partial charge in [0.2, 0.25) is 0 Å². The average molecular weight is 185 g/mol. The van der Waals surface area contributed by atoms with E-state index in [1.165, 1.54) is 16.9 Å². The summed E-state index contributed by atoms with van der Waals surface area (Å²) in [5, 5.41) is 0. The number of nitrogens with zero attached hydrogens (tertiary/aromatic N) is 1. The van der Waals surface area contributed by atoms with Gasteiger partial charge in [-0.1, -0.05) is 0 Å². The summed E-state index contributed by atoms with van der Waals surface area (Å²) in [5.41, 5.74) is 0.592. The van der Waals surface area contributed by atoms with E-state index in [9.17, 15) is 4.79 Å². The summed E-state index contributed by atoms with van der Waals surface area (Å²) >= 11 is 1.34. The molecule has 3 nitrogen and oxygen atoms in total. The molecule has 0 aromatic carbocycles. The fourth-order valence-electron chi connectivity index (χ4n) is 0.432. The first-order valence-electron chi connectivity index (χ1n) is 2.44. The second kappa shape index (κ2) is 2.36. The number of nitrogens with one attached hydrogen (secondary N) is 1. The number of hydrogen-bond acceptors (Lipinski definition) is 2. The standard InChI is InChI=1S/C5H6AsN2O/c1-3-2-7-5(9)8-4(3)6/h6H2,1H3,(H,7,8,9). The average Bonchev–Trinajstić information content (AvgIpc) is 1.80. The molecule has 47 valence electrons. The maximum atomic E-state index is 10.5. The first-order chi connectivity index (χ1) is 4.20. The Morgan fingerprint density at radius 2 is 2.44 bits per heavy atom. The molecular formula is C5H6AsN2O. The molecule has 1 atom stereocenters. The number of aromatic amines is 1. The van der Waals surface area contributed by atoms with E-state index in [-0.39, 0.29) is 5.69 Å². The predicted molar refractivity (Wildman–Crippen MR) is 36.6 cm³/mol. The van der Waals surface area contributed by atoms with Crippen LogP contribution < -0.4 is 10.2 Å². The van der Waals surface area contributed by atoms with Crippen LogP contribution in [0.5, 0.6) is 0 Å². The van der Waals surface area contributed by atoms with Crippen LogP contribution >= 0.6 is 0 Å². The van der Waals surface area contributed by atoms with Crippen LogP contribution in [-0.4, -0.2) is 26.8 Å². The van der Waals surface area contributed by atoms with Gasteiger partial charge in [-0.2, -0.15) is 0 Å². The van der Waals surface area contributed by atoms with Crippen LogP contribution in [0.1, 0.15) is 5.56 Å². The second-order valence-corrected chi connectivity index (χ2v) is 2.82. The quantitative estimate of drug-likeness (QED) is 0.481. The zero-order valence-electron chi connectivity index (χ0n) is 4.93. The monoisotopic (exact) mass is 185 g/mol. The first kappa shape index (κ1) is 6.56. The Bertz CT molecular complexity index is 268. The van der Waals surface area contributed by atoms with Gasteiger partial charge in [-0.15, -0.1) is 0 Å². The van der Waals surface area contributed by atoms with Crippen molar-refractivity contribution in [3.63, 3.8) is 0 Å². The van der Waals surface area contributed by atoms with Gasteiger partial charge in [0.1, 0.15) is 0 Å². The summed E-state index contributed by atoms with van der Waals surface area (Å²) < 4.78 is 0.797. The molecule has 0 bridgehead atoms. The second-order valence-electron chi connectivity index (χ2n) is 1.68. The number of aromatic nitrogens is 2. The van der Waals surface area contributed by atoms with Crippen molar-refractivity contribution in [2.24, 2.45) is 0 Å². The Morgan fingerprint density at radius 3 is 2.89 bits per heavy atom. The van der Waals surface area contributed by atoms with Gasteiger partial charge in [0.15, 0.2) is 0 Å². The van der Waals surface area contributed by atoms with E-state index in [0.29, 0.717) is 0 Å². The Labute approximate surface area is 61.0 Å². The molecule has 0 aliphatic heterocycles. The number of rotatable bonds is 0. The van der Waals surface area contributed by atoms with E-state index in [1.807, 2.05) is 6.92 Å². The van der Waals surface area contributed by atoms with Crippen LogP contribution in [0.2, 0.25) is 0 Å². The third-order valence-electron chi connectivity index (χ3n) is 0.963. The van der Waals surface area contributed by atoms with Crippen molar-refractivity contribution in [1.82, 2.24) is 9.97 Å². The molecule has 4 heteroatoms. The molecule has 1 N–H and O–H groups in total. The fraction of sp³-hybridized carbons (Fsp3) is 0.200. The van der Waals surface area contributed by atoms with Crippen LogP contribution in [0, 0.1) is 13.1 Å². The Hall–Kier alpha value is -0.562. The Balaban J connectivity index is 3.34. The molecule has 9 heavy (non-hydrogen) atoms. The minimum atomic E-state index is -0.319. The van der Waals surface area contributed by atoms with Crippen molar-refractivity contribution in [3.05, 3.63) is 22.2 Å². The van der Waals surface area contributed by atoms with Crippen molar-refractivity contribution < 1.29 is 0 Å². The molecule has 1 heterocycles. The molecule has 0 aliphatic carbocycles. The summed E-state index contributed by atoms with van der Waals surface area (Å²) in [7, 11) is 0. The van der Waals surface area contributed by atoms with Gasteiger partial charge in [0, 0.05) is 0 Å². The Morgan fingerprint density at radius 1 is 1.78 bits per heavy atom. The van der Waals surface area contributed by atoms with Gasteiger partial charge in [0.05, 0.1) is 0 Å². The van der Waals surface area contributed by atoms with E-state index in [0.717, 1.165) is 10.0 Å². The molecule has 0 spiro atoms. The van der Waals surface area contributed by atoms with Gasteiger partial charge in [-0.25, -0.2) is 0 Å². The molecular weight excluding hydrogens is 179 g/mol. The van der Waals surface area contributed by atoms with Crippen molar-refractivity contribution in [2.45, 2.75) is 6.92 Å². The summed E-state index contributed by atoms with van der Waals surface area (Å²) in [4.78, 5) is 16.5. The van der Waals surface area contributed by atoms with Crippen molar-refractivity contribution in [3.8, 4) is 0 Å². The van der Waals surface area contributed by atoms with Gasteiger partial charge in [-0.3, -0.25) is 0 Å². The van der Waals surface area contributed by atoms with Crippen LogP contribution in [0.3, 0.4) is 0 Å². The van der Waals surface area contributed by atoms with Crippen molar-refractivity contribution in [2.75, 3.05) is 0 Å². The fourth-order valence-corrected chi connectivity index (χ4v) is 0.830. The van der Waals surface area contributed by atoms with Crippen molar-refractivity contribution in [1.29, 1.82) is 0 Å². The molecule has 0 aliphatic rings. The Kier molecular flexibility index (Phi) is 1.72. The SMILES string of the molecule is Cc1[c][nH]c(=O)nc1[AsH2]. The maximum absolute atomic E-state index is 10.5. The molecule has 0 saturated carbocycles. The van der Waals surface area contributed by atoms with Gasteiger partial charge >= 0.3 is 60.5 Å². The molecule has 1 rings (SSSR count). The third kappa shape index (κ3) is 1.42. The van der Waals surface area contributed by atoms with Crippen LogP contribution in [0.25, 0.3) is 0 Å². The molecule has 0 fully saturated rings. The number of H-pyrrole nitrogens is 1. The molecule has 1 unspecified atom stereocenters. The number of aryl methyl sites for hydroxylation is 1. The van der Waals surface area contributed by atoms with Gasteiger partial charge < -0.3 is 0 Å². The molecule has 1 radical (unpaired) electrons. The molecule has 1 aromatic rings. The molecule has 0 saturated heterocycles. The van der Waals surface area contributed by atoms with Crippen molar-refractivity contribution >= 4 is 21.3 Å². The summed E-state index contributed by atoms with van der Waals surface area (Å²) in [5.74, 6) is 0. The third-order valence-corrected chi connectivity index (χ3v) is 2.14.